The molecule has 2 atom stereocenters. The molecule has 0 spiro atoms. The summed E-state index contributed by atoms with van der Waals surface area (Å²) in [5.74, 6) is -3.96. The summed E-state index contributed by atoms with van der Waals surface area (Å²) in [5, 5.41) is 3.28. The van der Waals surface area contributed by atoms with Gasteiger partial charge in [0.1, 0.15) is 0 Å². The lowest BCUT2D eigenvalue weighted by Crippen LogP contribution is -2.20. The summed E-state index contributed by atoms with van der Waals surface area (Å²) in [6, 6.07) is 15.2. The standard InChI is InChI=1S/C17H15F2N/c1-20-16-12-8-4-2-6-10(12)14-15(17(14,18)19)11-7-3-5-9-13(11)16/h2-9,14-16,20H,1H3. The van der Waals surface area contributed by atoms with Crippen molar-refractivity contribution in [2.45, 2.75) is 23.8 Å². The molecule has 1 fully saturated rings. The maximum Gasteiger partial charge on any atom is 0.263 e. The highest BCUT2D eigenvalue weighted by atomic mass is 19.3. The molecule has 2 unspecified atom stereocenters. The average Bonchev–Trinajstić information content (AvgIpc) is 3.06. The molecule has 2 aliphatic carbocycles. The third-order valence-corrected chi connectivity index (χ3v) is 4.63. The Morgan fingerprint density at radius 1 is 0.800 bits per heavy atom. The maximum atomic E-state index is 14.3. The van der Waals surface area contributed by atoms with Crippen LogP contribution in [0.3, 0.4) is 0 Å². The van der Waals surface area contributed by atoms with E-state index >= 15 is 0 Å². The second kappa shape index (κ2) is 3.89. The van der Waals surface area contributed by atoms with Crippen LogP contribution >= 0.6 is 0 Å². The molecule has 2 aliphatic rings. The predicted molar refractivity (Wildman–Crippen MR) is 74.2 cm³/mol. The summed E-state index contributed by atoms with van der Waals surface area (Å²) in [6.07, 6.45) is 0. The number of rotatable bonds is 1. The molecule has 4 rings (SSSR count). The topological polar surface area (TPSA) is 12.0 Å². The molecule has 2 aromatic rings. The van der Waals surface area contributed by atoms with Gasteiger partial charge in [0.25, 0.3) is 5.92 Å². The van der Waals surface area contributed by atoms with Crippen LogP contribution in [0.25, 0.3) is 0 Å². The first-order valence-corrected chi connectivity index (χ1v) is 6.89. The van der Waals surface area contributed by atoms with Gasteiger partial charge < -0.3 is 5.32 Å². The van der Waals surface area contributed by atoms with Crippen molar-refractivity contribution >= 4 is 0 Å². The summed E-state index contributed by atoms with van der Waals surface area (Å²) in [7, 11) is 1.88. The van der Waals surface area contributed by atoms with Crippen LogP contribution in [0.1, 0.15) is 40.1 Å². The van der Waals surface area contributed by atoms with Crippen molar-refractivity contribution in [3.63, 3.8) is 0 Å². The lowest BCUT2D eigenvalue weighted by molar-refractivity contribution is 0.104. The molecule has 3 heteroatoms. The van der Waals surface area contributed by atoms with Crippen LogP contribution in [0.5, 0.6) is 0 Å². The van der Waals surface area contributed by atoms with Crippen LogP contribution in [0.4, 0.5) is 8.78 Å². The minimum absolute atomic E-state index is 0.00833. The van der Waals surface area contributed by atoms with Crippen molar-refractivity contribution in [1.82, 2.24) is 5.32 Å². The molecule has 102 valence electrons. The first-order chi connectivity index (χ1) is 9.66. The van der Waals surface area contributed by atoms with Gasteiger partial charge >= 0.3 is 0 Å². The highest BCUT2D eigenvalue weighted by molar-refractivity contribution is 5.56. The first kappa shape index (κ1) is 12.0. The third kappa shape index (κ3) is 1.39. The van der Waals surface area contributed by atoms with E-state index in [1.54, 1.807) is 0 Å². The van der Waals surface area contributed by atoms with Gasteiger partial charge in [0.2, 0.25) is 0 Å². The van der Waals surface area contributed by atoms with E-state index in [1.807, 2.05) is 55.6 Å². The minimum Gasteiger partial charge on any atom is -0.309 e. The fourth-order valence-electron chi connectivity index (χ4n) is 3.69. The third-order valence-electron chi connectivity index (χ3n) is 4.63. The lowest BCUT2D eigenvalue weighted by atomic mass is 9.92. The first-order valence-electron chi connectivity index (χ1n) is 6.89. The Bertz CT molecular complexity index is 625. The van der Waals surface area contributed by atoms with E-state index in [9.17, 15) is 8.78 Å². The van der Waals surface area contributed by atoms with Gasteiger partial charge in [-0.3, -0.25) is 0 Å². The molecule has 0 heterocycles. The zero-order valence-electron chi connectivity index (χ0n) is 11.1. The van der Waals surface area contributed by atoms with Crippen molar-refractivity contribution in [2.75, 3.05) is 7.05 Å². The predicted octanol–water partition coefficient (Wildman–Crippen LogP) is 3.83. The number of hydrogen-bond acceptors (Lipinski definition) is 1. The maximum absolute atomic E-state index is 14.3. The molecule has 2 aromatic carbocycles. The van der Waals surface area contributed by atoms with Gasteiger partial charge in [0, 0.05) is 0 Å². The average molecular weight is 271 g/mol. The number of hydrogen-bond donors (Lipinski definition) is 1. The molecule has 0 saturated heterocycles. The highest BCUT2D eigenvalue weighted by Gasteiger charge is 2.70. The van der Waals surface area contributed by atoms with Crippen LogP contribution in [0.15, 0.2) is 48.5 Å². The second-order valence-corrected chi connectivity index (χ2v) is 5.61. The van der Waals surface area contributed by atoms with E-state index in [0.29, 0.717) is 0 Å². The fourth-order valence-corrected chi connectivity index (χ4v) is 3.69. The summed E-state index contributed by atoms with van der Waals surface area (Å²) in [6.45, 7) is 0. The molecule has 20 heavy (non-hydrogen) atoms. The lowest BCUT2D eigenvalue weighted by Gasteiger charge is -2.21. The Morgan fingerprint density at radius 2 is 1.20 bits per heavy atom. The largest absolute Gasteiger partial charge is 0.309 e. The Hall–Kier alpha value is -1.74. The van der Waals surface area contributed by atoms with E-state index < -0.39 is 17.8 Å². The number of nitrogens with one attached hydrogen (secondary N) is 1. The second-order valence-electron chi connectivity index (χ2n) is 5.61. The van der Waals surface area contributed by atoms with Crippen LogP contribution in [0, 0.1) is 0 Å². The fraction of sp³-hybridized carbons (Fsp3) is 0.294. The van der Waals surface area contributed by atoms with Gasteiger partial charge in [-0.05, 0) is 29.3 Å². The molecule has 0 aliphatic heterocycles. The van der Waals surface area contributed by atoms with Gasteiger partial charge in [-0.1, -0.05) is 48.5 Å². The summed E-state index contributed by atoms with van der Waals surface area (Å²) in [4.78, 5) is 0. The number of benzene rings is 2. The van der Waals surface area contributed by atoms with Gasteiger partial charge in [0.05, 0.1) is 17.9 Å². The number of halogens is 2. The zero-order chi connectivity index (χ0) is 13.9. The Labute approximate surface area is 116 Å². The minimum atomic E-state index is -2.62. The molecule has 1 saturated carbocycles. The Balaban J connectivity index is 2.02. The Morgan fingerprint density at radius 3 is 1.60 bits per heavy atom. The molecule has 1 N–H and O–H groups in total. The van der Waals surface area contributed by atoms with Crippen LogP contribution in [0.2, 0.25) is 0 Å². The summed E-state index contributed by atoms with van der Waals surface area (Å²) >= 11 is 0. The molecule has 0 amide bonds. The molecule has 1 nitrogen and oxygen atoms in total. The molecule has 0 bridgehead atoms. The van der Waals surface area contributed by atoms with Crippen LogP contribution in [-0.2, 0) is 0 Å². The van der Waals surface area contributed by atoms with Gasteiger partial charge in [-0.25, -0.2) is 8.78 Å². The normalized spacial score (nSPS) is 28.9. The van der Waals surface area contributed by atoms with Crippen LogP contribution < -0.4 is 5.32 Å². The van der Waals surface area contributed by atoms with Crippen molar-refractivity contribution in [3.05, 3.63) is 70.8 Å². The summed E-state index contributed by atoms with van der Waals surface area (Å²) in [5.41, 5.74) is 3.54. The van der Waals surface area contributed by atoms with E-state index in [-0.39, 0.29) is 6.04 Å². The quantitative estimate of drug-likeness (QED) is 0.831. The van der Waals surface area contributed by atoms with E-state index in [0.717, 1.165) is 22.3 Å². The van der Waals surface area contributed by atoms with Crippen molar-refractivity contribution in [3.8, 4) is 0 Å². The van der Waals surface area contributed by atoms with Gasteiger partial charge in [-0.2, -0.15) is 0 Å². The summed E-state index contributed by atoms with van der Waals surface area (Å²) < 4.78 is 28.5. The highest BCUT2D eigenvalue weighted by Crippen LogP contribution is 2.69. The van der Waals surface area contributed by atoms with Gasteiger partial charge in [-0.15, -0.1) is 0 Å². The molecular weight excluding hydrogens is 256 g/mol. The smallest absolute Gasteiger partial charge is 0.263 e. The zero-order valence-corrected chi connectivity index (χ0v) is 11.1. The SMILES string of the molecule is CNC1c2ccccc2C2C(c3ccccc31)C2(F)F. The Kier molecular flexibility index (Phi) is 2.34. The van der Waals surface area contributed by atoms with E-state index in [2.05, 4.69) is 5.32 Å². The molecule has 0 radical (unpaired) electrons. The van der Waals surface area contributed by atoms with Crippen molar-refractivity contribution < 1.29 is 8.78 Å². The van der Waals surface area contributed by atoms with Crippen LogP contribution in [-0.4, -0.2) is 13.0 Å². The molecular formula is C17H15F2N. The van der Waals surface area contributed by atoms with E-state index in [4.69, 9.17) is 0 Å². The molecule has 0 aromatic heterocycles. The van der Waals surface area contributed by atoms with Gasteiger partial charge in [0.15, 0.2) is 0 Å². The van der Waals surface area contributed by atoms with Crippen molar-refractivity contribution in [2.24, 2.45) is 0 Å². The monoisotopic (exact) mass is 271 g/mol. The number of fused-ring (bicyclic) bond motifs is 5. The number of alkyl halides is 2. The van der Waals surface area contributed by atoms with Crippen molar-refractivity contribution in [1.29, 1.82) is 0 Å². The van der Waals surface area contributed by atoms with E-state index in [1.165, 1.54) is 0 Å².